The molecule has 1 amide bonds. The van der Waals surface area contributed by atoms with Crippen molar-refractivity contribution >= 4 is 39.8 Å². The van der Waals surface area contributed by atoms with Crippen LogP contribution in [0.15, 0.2) is 66.9 Å². The van der Waals surface area contributed by atoms with E-state index in [4.69, 9.17) is 4.98 Å². The highest BCUT2D eigenvalue weighted by atomic mass is 16.1. The lowest BCUT2D eigenvalue weighted by molar-refractivity contribution is -0.114. The van der Waals surface area contributed by atoms with E-state index in [0.717, 1.165) is 59.6 Å². The Kier molecular flexibility index (Phi) is 6.33. The second kappa shape index (κ2) is 9.72. The molecule has 3 aromatic carbocycles. The molecule has 2 N–H and O–H groups in total. The Hall–Kier alpha value is -3.97. The summed E-state index contributed by atoms with van der Waals surface area (Å²) >= 11 is 0. The highest BCUT2D eigenvalue weighted by molar-refractivity contribution is 5.95. The summed E-state index contributed by atoms with van der Waals surface area (Å²) in [5, 5.41) is 7.20. The molecule has 178 valence electrons. The fourth-order valence-corrected chi connectivity index (χ4v) is 4.58. The number of rotatable bonds is 5. The Balaban J connectivity index is 1.42. The molecule has 0 bridgehead atoms. The second-order valence-electron chi connectivity index (χ2n) is 9.12. The molecular formula is C28H30N6O. The third-order valence-electron chi connectivity index (χ3n) is 6.40. The van der Waals surface area contributed by atoms with Crippen molar-refractivity contribution in [1.29, 1.82) is 0 Å². The van der Waals surface area contributed by atoms with Crippen LogP contribution >= 0.6 is 0 Å². The van der Waals surface area contributed by atoms with Crippen LogP contribution in [-0.2, 0) is 4.79 Å². The number of hydrogen-bond donors (Lipinski definition) is 2. The number of carbonyl (C=O) groups is 1. The van der Waals surface area contributed by atoms with Crippen molar-refractivity contribution in [3.63, 3.8) is 0 Å². The Morgan fingerprint density at radius 3 is 2.51 bits per heavy atom. The van der Waals surface area contributed by atoms with Crippen LogP contribution in [0.3, 0.4) is 0 Å². The smallest absolute Gasteiger partial charge is 0.227 e. The van der Waals surface area contributed by atoms with Gasteiger partial charge in [0, 0.05) is 67.3 Å². The van der Waals surface area contributed by atoms with Crippen LogP contribution in [0.25, 0.3) is 22.0 Å². The van der Waals surface area contributed by atoms with Crippen molar-refractivity contribution in [2.45, 2.75) is 13.8 Å². The fourth-order valence-electron chi connectivity index (χ4n) is 4.58. The number of amides is 1. The third kappa shape index (κ3) is 5.10. The average molecular weight is 467 g/mol. The minimum atomic E-state index is -0.0946. The maximum atomic E-state index is 11.5. The number of nitrogens with one attached hydrogen (secondary N) is 2. The number of piperazine rings is 1. The molecule has 7 heteroatoms. The van der Waals surface area contributed by atoms with Gasteiger partial charge < -0.3 is 20.4 Å². The molecule has 5 rings (SSSR count). The average Bonchev–Trinajstić information content (AvgIpc) is 2.84. The van der Waals surface area contributed by atoms with Crippen LogP contribution in [0.4, 0.5) is 23.0 Å². The number of hydrogen-bond acceptors (Lipinski definition) is 6. The molecular weight excluding hydrogens is 436 g/mol. The van der Waals surface area contributed by atoms with Crippen molar-refractivity contribution in [1.82, 2.24) is 14.9 Å². The van der Waals surface area contributed by atoms with Gasteiger partial charge in [-0.05, 0) is 55.4 Å². The predicted molar refractivity (Wildman–Crippen MR) is 143 cm³/mol. The molecule has 0 radical (unpaired) electrons. The highest BCUT2D eigenvalue weighted by Gasteiger charge is 2.16. The SMILES string of the molecule is CC(=O)Nc1cccc(-c2cccc3cnc(Nc4ccc(N5CCN(C)CC5)c(C)c4)nc23)c1. The molecule has 0 unspecified atom stereocenters. The van der Waals surface area contributed by atoms with Crippen LogP contribution in [-0.4, -0.2) is 54.0 Å². The zero-order chi connectivity index (χ0) is 24.4. The number of para-hydroxylation sites is 1. The Morgan fingerprint density at radius 1 is 0.943 bits per heavy atom. The van der Waals surface area contributed by atoms with E-state index in [1.54, 1.807) is 0 Å². The standard InChI is InChI=1S/C28H30N6O/c1-19-16-24(10-11-26(19)34-14-12-33(3)13-15-34)31-28-29-18-22-7-5-9-25(27(22)32-28)21-6-4-8-23(17-21)30-20(2)35/h4-11,16-18H,12-15H2,1-3H3,(H,30,35)(H,29,31,32). The summed E-state index contributed by atoms with van der Waals surface area (Å²) < 4.78 is 0. The summed E-state index contributed by atoms with van der Waals surface area (Å²) in [4.78, 5) is 25.7. The van der Waals surface area contributed by atoms with Crippen LogP contribution in [0.5, 0.6) is 0 Å². The maximum Gasteiger partial charge on any atom is 0.227 e. The molecule has 0 atom stereocenters. The van der Waals surface area contributed by atoms with Gasteiger partial charge in [0.2, 0.25) is 11.9 Å². The molecule has 0 aliphatic carbocycles. The first-order valence-electron chi connectivity index (χ1n) is 11.9. The topological polar surface area (TPSA) is 73.4 Å². The van der Waals surface area contributed by atoms with Crippen molar-refractivity contribution in [2.75, 3.05) is 48.8 Å². The first kappa shape index (κ1) is 22.8. The molecule has 1 saturated heterocycles. The zero-order valence-corrected chi connectivity index (χ0v) is 20.4. The van der Waals surface area contributed by atoms with Gasteiger partial charge in [-0.2, -0.15) is 0 Å². The van der Waals surface area contributed by atoms with Crippen LogP contribution in [0, 0.1) is 6.92 Å². The lowest BCUT2D eigenvalue weighted by Gasteiger charge is -2.35. The van der Waals surface area contributed by atoms with E-state index in [1.807, 2.05) is 48.7 Å². The number of likely N-dealkylation sites (N-methyl/N-ethyl adjacent to an activating group) is 1. The van der Waals surface area contributed by atoms with Crippen LogP contribution in [0.2, 0.25) is 0 Å². The van der Waals surface area contributed by atoms with Gasteiger partial charge in [0.15, 0.2) is 0 Å². The number of carbonyl (C=O) groups excluding carboxylic acids is 1. The summed E-state index contributed by atoms with van der Waals surface area (Å²) in [6.07, 6.45) is 1.84. The van der Waals surface area contributed by atoms with E-state index < -0.39 is 0 Å². The minimum Gasteiger partial charge on any atom is -0.369 e. The molecule has 0 spiro atoms. The number of nitrogens with zero attached hydrogens (tertiary/aromatic N) is 4. The summed E-state index contributed by atoms with van der Waals surface area (Å²) in [6, 6.07) is 20.3. The van der Waals surface area contributed by atoms with Gasteiger partial charge in [-0.15, -0.1) is 0 Å². The van der Waals surface area contributed by atoms with Gasteiger partial charge in [0.1, 0.15) is 0 Å². The van der Waals surface area contributed by atoms with Crippen molar-refractivity contribution < 1.29 is 4.79 Å². The maximum absolute atomic E-state index is 11.5. The molecule has 35 heavy (non-hydrogen) atoms. The van der Waals surface area contributed by atoms with Crippen LogP contribution in [0.1, 0.15) is 12.5 Å². The van der Waals surface area contributed by atoms with Gasteiger partial charge in [0.05, 0.1) is 5.52 Å². The first-order valence-corrected chi connectivity index (χ1v) is 11.9. The Bertz CT molecular complexity index is 1380. The zero-order valence-electron chi connectivity index (χ0n) is 20.4. The van der Waals surface area contributed by atoms with E-state index in [-0.39, 0.29) is 5.91 Å². The van der Waals surface area contributed by atoms with E-state index >= 15 is 0 Å². The lowest BCUT2D eigenvalue weighted by Crippen LogP contribution is -2.44. The molecule has 0 saturated carbocycles. The number of benzene rings is 3. The largest absolute Gasteiger partial charge is 0.369 e. The van der Waals surface area contributed by atoms with E-state index in [9.17, 15) is 4.79 Å². The minimum absolute atomic E-state index is 0.0946. The lowest BCUT2D eigenvalue weighted by atomic mass is 10.0. The van der Waals surface area contributed by atoms with Crippen molar-refractivity contribution in [3.05, 3.63) is 72.4 Å². The quantitative estimate of drug-likeness (QED) is 0.428. The summed E-state index contributed by atoms with van der Waals surface area (Å²) in [5.41, 5.74) is 7.07. The van der Waals surface area contributed by atoms with Crippen LogP contribution < -0.4 is 15.5 Å². The van der Waals surface area contributed by atoms with Gasteiger partial charge >= 0.3 is 0 Å². The normalized spacial score (nSPS) is 14.2. The first-order chi connectivity index (χ1) is 17.0. The van der Waals surface area contributed by atoms with Gasteiger partial charge in [-0.3, -0.25) is 4.79 Å². The monoisotopic (exact) mass is 466 g/mol. The molecule has 1 aromatic heterocycles. The fraction of sp³-hybridized carbons (Fsp3) is 0.250. The summed E-state index contributed by atoms with van der Waals surface area (Å²) in [7, 11) is 2.17. The van der Waals surface area contributed by atoms with Crippen molar-refractivity contribution in [3.8, 4) is 11.1 Å². The van der Waals surface area contributed by atoms with Gasteiger partial charge in [0.25, 0.3) is 0 Å². The molecule has 4 aromatic rings. The second-order valence-corrected chi connectivity index (χ2v) is 9.12. The number of aryl methyl sites for hydroxylation is 1. The number of fused-ring (bicyclic) bond motifs is 1. The number of anilines is 4. The summed E-state index contributed by atoms with van der Waals surface area (Å²) in [6.45, 7) is 7.92. The molecule has 1 aliphatic heterocycles. The van der Waals surface area contributed by atoms with Crippen molar-refractivity contribution in [2.24, 2.45) is 0 Å². The highest BCUT2D eigenvalue weighted by Crippen LogP contribution is 2.30. The number of aromatic nitrogens is 2. The summed E-state index contributed by atoms with van der Waals surface area (Å²) in [5.74, 6) is 0.456. The van der Waals surface area contributed by atoms with Gasteiger partial charge in [-0.1, -0.05) is 30.3 Å². The van der Waals surface area contributed by atoms with E-state index in [0.29, 0.717) is 5.95 Å². The molecule has 1 aliphatic rings. The van der Waals surface area contributed by atoms with E-state index in [1.165, 1.54) is 18.2 Å². The van der Waals surface area contributed by atoms with Gasteiger partial charge in [-0.25, -0.2) is 9.97 Å². The molecule has 7 nitrogen and oxygen atoms in total. The Labute approximate surface area is 205 Å². The molecule has 2 heterocycles. The Morgan fingerprint density at radius 2 is 1.74 bits per heavy atom. The van der Waals surface area contributed by atoms with E-state index in [2.05, 4.69) is 57.6 Å². The molecule has 1 fully saturated rings. The third-order valence-corrected chi connectivity index (χ3v) is 6.40. The predicted octanol–water partition coefficient (Wildman–Crippen LogP) is 5.06.